The van der Waals surface area contributed by atoms with Crippen molar-refractivity contribution in [3.63, 3.8) is 0 Å². The summed E-state index contributed by atoms with van der Waals surface area (Å²) in [6.45, 7) is 6.09. The molecule has 1 aliphatic heterocycles. The molecule has 1 aromatic carbocycles. The van der Waals surface area contributed by atoms with Crippen molar-refractivity contribution in [3.8, 4) is 0 Å². The normalized spacial score (nSPS) is 27.4. The fraction of sp³-hybridized carbons (Fsp3) is 0.562. The van der Waals surface area contributed by atoms with Gasteiger partial charge in [0.15, 0.2) is 0 Å². The highest BCUT2D eigenvalue weighted by molar-refractivity contribution is 6.53. The van der Waals surface area contributed by atoms with Gasteiger partial charge < -0.3 is 10.1 Å². The summed E-state index contributed by atoms with van der Waals surface area (Å²) in [6, 6.07) is 7.91. The maximum Gasteiger partial charge on any atom is 0.233 e. The monoisotopic (exact) mass is 342 g/mol. The van der Waals surface area contributed by atoms with Crippen LogP contribution in [-0.2, 0) is 16.1 Å². The van der Waals surface area contributed by atoms with Crippen LogP contribution in [-0.4, -0.2) is 41.4 Å². The van der Waals surface area contributed by atoms with Crippen LogP contribution >= 0.6 is 23.2 Å². The number of amides is 1. The first-order valence-electron chi connectivity index (χ1n) is 7.49. The van der Waals surface area contributed by atoms with Gasteiger partial charge in [0.05, 0.1) is 18.6 Å². The molecule has 4 nitrogen and oxygen atoms in total. The molecular formula is C16H20Cl2N2O2. The molecule has 1 saturated carbocycles. The lowest BCUT2D eigenvalue weighted by molar-refractivity contribution is -0.120. The van der Waals surface area contributed by atoms with Crippen molar-refractivity contribution in [2.45, 2.75) is 24.2 Å². The second-order valence-corrected chi connectivity index (χ2v) is 7.74. The zero-order valence-electron chi connectivity index (χ0n) is 12.6. The van der Waals surface area contributed by atoms with Crippen LogP contribution in [0.25, 0.3) is 0 Å². The van der Waals surface area contributed by atoms with E-state index in [0.29, 0.717) is 6.42 Å². The maximum absolute atomic E-state index is 12.3. The Hall–Kier alpha value is -0.810. The first-order chi connectivity index (χ1) is 10.4. The fourth-order valence-electron chi connectivity index (χ4n) is 2.68. The van der Waals surface area contributed by atoms with Crippen LogP contribution in [0.5, 0.6) is 0 Å². The van der Waals surface area contributed by atoms with E-state index in [4.69, 9.17) is 27.9 Å². The summed E-state index contributed by atoms with van der Waals surface area (Å²) >= 11 is 12.1. The highest BCUT2D eigenvalue weighted by atomic mass is 35.5. The van der Waals surface area contributed by atoms with Crippen LogP contribution in [0.3, 0.4) is 0 Å². The topological polar surface area (TPSA) is 41.6 Å². The van der Waals surface area contributed by atoms with Crippen LogP contribution in [0.1, 0.15) is 18.9 Å². The third-order valence-electron chi connectivity index (χ3n) is 4.45. The summed E-state index contributed by atoms with van der Waals surface area (Å²) in [6.07, 6.45) is 0.489. The molecule has 0 unspecified atom stereocenters. The lowest BCUT2D eigenvalue weighted by Gasteiger charge is -2.26. The Kier molecular flexibility index (Phi) is 4.38. The van der Waals surface area contributed by atoms with Crippen molar-refractivity contribution >= 4 is 34.8 Å². The molecule has 0 spiro atoms. The van der Waals surface area contributed by atoms with Crippen molar-refractivity contribution < 1.29 is 9.53 Å². The van der Waals surface area contributed by atoms with Crippen LogP contribution < -0.4 is 5.32 Å². The zero-order chi connectivity index (χ0) is 15.8. The van der Waals surface area contributed by atoms with Crippen LogP contribution in [0.15, 0.2) is 24.3 Å². The van der Waals surface area contributed by atoms with Gasteiger partial charge in [0.1, 0.15) is 4.33 Å². The van der Waals surface area contributed by atoms with Crippen LogP contribution in [0.4, 0.5) is 5.69 Å². The number of carbonyl (C=O) groups excluding carboxylic acids is 1. The average Bonchev–Trinajstić information content (AvgIpc) is 3.00. The minimum atomic E-state index is -0.942. The Morgan fingerprint density at radius 1 is 1.36 bits per heavy atom. The minimum Gasteiger partial charge on any atom is -0.379 e. The van der Waals surface area contributed by atoms with E-state index in [1.54, 1.807) is 6.92 Å². The maximum atomic E-state index is 12.3. The molecule has 22 heavy (non-hydrogen) atoms. The van der Waals surface area contributed by atoms with Crippen LogP contribution in [0, 0.1) is 5.41 Å². The van der Waals surface area contributed by atoms with Gasteiger partial charge in [-0.25, -0.2) is 0 Å². The molecule has 2 aliphatic rings. The van der Waals surface area contributed by atoms with Gasteiger partial charge in [-0.2, -0.15) is 0 Å². The van der Waals surface area contributed by atoms with Gasteiger partial charge in [-0.3, -0.25) is 9.69 Å². The van der Waals surface area contributed by atoms with Crippen LogP contribution in [0.2, 0.25) is 0 Å². The summed E-state index contributed by atoms with van der Waals surface area (Å²) < 4.78 is 4.41. The number of anilines is 1. The number of halogens is 2. The first kappa shape index (κ1) is 16.1. The highest BCUT2D eigenvalue weighted by Gasteiger charge is 2.67. The van der Waals surface area contributed by atoms with E-state index in [1.807, 2.05) is 18.2 Å². The predicted octanol–water partition coefficient (Wildman–Crippen LogP) is 3.04. The molecule has 2 fully saturated rings. The first-order valence-corrected chi connectivity index (χ1v) is 8.25. The van der Waals surface area contributed by atoms with E-state index in [2.05, 4.69) is 16.3 Å². The van der Waals surface area contributed by atoms with E-state index < -0.39 is 9.75 Å². The molecule has 1 aromatic rings. The van der Waals surface area contributed by atoms with E-state index >= 15 is 0 Å². The number of hydrogen-bond acceptors (Lipinski definition) is 3. The number of alkyl halides is 2. The second kappa shape index (κ2) is 6.00. The number of carbonyl (C=O) groups is 1. The Morgan fingerprint density at radius 2 is 2.05 bits per heavy atom. The number of hydrogen-bond donors (Lipinski definition) is 1. The van der Waals surface area contributed by atoms with Crippen molar-refractivity contribution in [3.05, 3.63) is 29.8 Å². The summed E-state index contributed by atoms with van der Waals surface area (Å²) in [7, 11) is 0. The molecule has 1 saturated heterocycles. The number of morpholine rings is 1. The number of ether oxygens (including phenoxy) is 1. The van der Waals surface area contributed by atoms with E-state index in [0.717, 1.165) is 38.5 Å². The Labute approximate surface area is 140 Å². The molecule has 6 heteroatoms. The number of rotatable bonds is 4. The molecule has 0 radical (unpaired) electrons. The number of benzene rings is 1. The summed E-state index contributed by atoms with van der Waals surface area (Å²) in [5, 5.41) is 2.93. The second-order valence-electron chi connectivity index (χ2n) is 6.26. The molecule has 120 valence electrons. The third-order valence-corrected chi connectivity index (χ3v) is 5.56. The molecule has 3 rings (SSSR count). The SMILES string of the molecule is C[C@]1(C(=O)Nc2cccc(CN3CCOCC3)c2)CC1(Cl)Cl. The van der Waals surface area contributed by atoms with E-state index in [9.17, 15) is 4.79 Å². The quantitative estimate of drug-likeness (QED) is 0.855. The Bertz CT molecular complexity index is 573. The summed E-state index contributed by atoms with van der Waals surface area (Å²) in [4.78, 5) is 14.6. The standard InChI is InChI=1S/C16H20Cl2N2O2/c1-15(11-16(15,17)18)14(21)19-13-4-2-3-12(9-13)10-20-5-7-22-8-6-20/h2-4,9H,5-8,10-11H2,1H3,(H,19,21)/t15-/m1/s1. The van der Waals surface area contributed by atoms with E-state index in [-0.39, 0.29) is 5.91 Å². The van der Waals surface area contributed by atoms with Gasteiger partial charge in [-0.05, 0) is 31.0 Å². The van der Waals surface area contributed by atoms with Gasteiger partial charge in [-0.15, -0.1) is 23.2 Å². The molecule has 1 aliphatic carbocycles. The average molecular weight is 343 g/mol. The Morgan fingerprint density at radius 3 is 2.68 bits per heavy atom. The third kappa shape index (κ3) is 3.25. The molecular weight excluding hydrogens is 323 g/mol. The predicted molar refractivity (Wildman–Crippen MR) is 88.3 cm³/mol. The summed E-state index contributed by atoms with van der Waals surface area (Å²) in [5.74, 6) is -0.124. The summed E-state index contributed by atoms with van der Waals surface area (Å²) in [5.41, 5.74) is 1.26. The van der Waals surface area contributed by atoms with Gasteiger partial charge in [0, 0.05) is 25.3 Å². The van der Waals surface area contributed by atoms with Crippen molar-refractivity contribution in [2.75, 3.05) is 31.6 Å². The van der Waals surface area contributed by atoms with Gasteiger partial charge in [-0.1, -0.05) is 12.1 Å². The number of nitrogens with zero attached hydrogens (tertiary/aromatic N) is 1. The van der Waals surface area contributed by atoms with Gasteiger partial charge in [0.2, 0.25) is 5.91 Å². The van der Waals surface area contributed by atoms with Gasteiger partial charge >= 0.3 is 0 Å². The molecule has 1 atom stereocenters. The van der Waals surface area contributed by atoms with Crippen molar-refractivity contribution in [2.24, 2.45) is 5.41 Å². The minimum absolute atomic E-state index is 0.124. The molecule has 1 N–H and O–H groups in total. The van der Waals surface area contributed by atoms with Gasteiger partial charge in [0.25, 0.3) is 0 Å². The van der Waals surface area contributed by atoms with Crippen molar-refractivity contribution in [1.82, 2.24) is 4.90 Å². The lowest BCUT2D eigenvalue weighted by atomic mass is 10.1. The molecule has 0 bridgehead atoms. The molecule has 1 heterocycles. The Balaban J connectivity index is 1.63. The van der Waals surface area contributed by atoms with Crippen molar-refractivity contribution in [1.29, 1.82) is 0 Å². The largest absolute Gasteiger partial charge is 0.379 e. The number of nitrogens with one attached hydrogen (secondary N) is 1. The van der Waals surface area contributed by atoms with E-state index in [1.165, 1.54) is 5.56 Å². The fourth-order valence-corrected chi connectivity index (χ4v) is 3.39. The zero-order valence-corrected chi connectivity index (χ0v) is 14.1. The molecule has 0 aromatic heterocycles. The highest BCUT2D eigenvalue weighted by Crippen LogP contribution is 2.64. The molecule has 1 amide bonds. The smallest absolute Gasteiger partial charge is 0.233 e. The lowest BCUT2D eigenvalue weighted by Crippen LogP contribution is -2.35.